The van der Waals surface area contributed by atoms with Crippen LogP contribution in [-0.4, -0.2) is 34.7 Å². The third-order valence-electron chi connectivity index (χ3n) is 7.52. The van der Waals surface area contributed by atoms with E-state index in [0.717, 1.165) is 50.0 Å². The van der Waals surface area contributed by atoms with Gasteiger partial charge in [-0.2, -0.15) is 9.97 Å². The predicted octanol–water partition coefficient (Wildman–Crippen LogP) is 6.30. The maximum Gasteiger partial charge on any atom is 0.234 e. The Morgan fingerprint density at radius 3 is 2.36 bits per heavy atom. The summed E-state index contributed by atoms with van der Waals surface area (Å²) in [6.07, 6.45) is 7.14. The zero-order valence-electron chi connectivity index (χ0n) is 21.0. The highest BCUT2D eigenvalue weighted by molar-refractivity contribution is 7.80. The molecule has 2 aromatic carbocycles. The van der Waals surface area contributed by atoms with Crippen molar-refractivity contribution in [2.45, 2.75) is 50.9 Å². The van der Waals surface area contributed by atoms with E-state index in [1.54, 1.807) is 0 Å². The molecule has 2 fully saturated rings. The SMILES string of the molecule is CC1CCN(c2cc(Oc3ccccc3)nc(NC(=S)NCC3(c4ccccc4)CCCC3)n2)CC1. The van der Waals surface area contributed by atoms with Crippen molar-refractivity contribution in [2.24, 2.45) is 5.92 Å². The smallest absolute Gasteiger partial charge is 0.234 e. The molecule has 3 aromatic rings. The highest BCUT2D eigenvalue weighted by atomic mass is 32.1. The molecular formula is C29H35N5OS. The number of ether oxygens (including phenoxy) is 1. The van der Waals surface area contributed by atoms with Crippen LogP contribution < -0.4 is 20.3 Å². The summed E-state index contributed by atoms with van der Waals surface area (Å²) in [6, 6.07) is 22.5. The van der Waals surface area contributed by atoms with E-state index in [9.17, 15) is 0 Å². The lowest BCUT2D eigenvalue weighted by Crippen LogP contribution is -2.41. The molecule has 2 N–H and O–H groups in total. The van der Waals surface area contributed by atoms with Gasteiger partial charge >= 0.3 is 0 Å². The number of hydrogen-bond acceptors (Lipinski definition) is 5. The van der Waals surface area contributed by atoms with Crippen LogP contribution in [0.15, 0.2) is 66.7 Å². The molecule has 0 amide bonds. The zero-order chi connectivity index (χ0) is 24.8. The number of benzene rings is 2. The Labute approximate surface area is 219 Å². The summed E-state index contributed by atoms with van der Waals surface area (Å²) in [5, 5.41) is 7.25. The van der Waals surface area contributed by atoms with Crippen LogP contribution in [-0.2, 0) is 5.41 Å². The van der Waals surface area contributed by atoms with Gasteiger partial charge in [0.15, 0.2) is 5.11 Å². The van der Waals surface area contributed by atoms with Gasteiger partial charge in [-0.15, -0.1) is 0 Å². The van der Waals surface area contributed by atoms with Crippen molar-refractivity contribution in [2.75, 3.05) is 29.9 Å². The summed E-state index contributed by atoms with van der Waals surface area (Å²) in [5.41, 5.74) is 1.50. The van der Waals surface area contributed by atoms with E-state index in [1.807, 2.05) is 36.4 Å². The molecule has 7 heteroatoms. The number of thiocarbonyl (C=S) groups is 1. The lowest BCUT2D eigenvalue weighted by molar-refractivity contribution is 0.433. The van der Waals surface area contributed by atoms with Gasteiger partial charge in [0.1, 0.15) is 11.6 Å². The monoisotopic (exact) mass is 501 g/mol. The second kappa shape index (κ2) is 11.2. The van der Waals surface area contributed by atoms with Gasteiger partial charge in [0.2, 0.25) is 11.8 Å². The summed E-state index contributed by atoms with van der Waals surface area (Å²) in [5.74, 6) is 3.31. The van der Waals surface area contributed by atoms with Crippen molar-refractivity contribution in [1.82, 2.24) is 15.3 Å². The van der Waals surface area contributed by atoms with Gasteiger partial charge in [0.25, 0.3) is 0 Å². The van der Waals surface area contributed by atoms with Crippen LogP contribution in [0.25, 0.3) is 0 Å². The maximum atomic E-state index is 6.09. The summed E-state index contributed by atoms with van der Waals surface area (Å²) in [6.45, 7) is 5.06. The van der Waals surface area contributed by atoms with E-state index < -0.39 is 0 Å². The van der Waals surface area contributed by atoms with Crippen LogP contribution >= 0.6 is 12.2 Å². The topological polar surface area (TPSA) is 62.3 Å². The molecule has 1 saturated heterocycles. The van der Waals surface area contributed by atoms with Gasteiger partial charge in [-0.25, -0.2) is 0 Å². The van der Waals surface area contributed by atoms with Gasteiger partial charge < -0.3 is 20.3 Å². The molecule has 1 aromatic heterocycles. The molecule has 5 rings (SSSR count). The Hall–Kier alpha value is -3.19. The van der Waals surface area contributed by atoms with Gasteiger partial charge in [0, 0.05) is 31.1 Å². The molecule has 0 bridgehead atoms. The summed E-state index contributed by atoms with van der Waals surface area (Å²) in [7, 11) is 0. The minimum absolute atomic E-state index is 0.113. The highest BCUT2D eigenvalue weighted by Crippen LogP contribution is 2.40. The van der Waals surface area contributed by atoms with E-state index in [0.29, 0.717) is 16.9 Å². The fourth-order valence-corrected chi connectivity index (χ4v) is 5.50. The number of hydrogen-bond donors (Lipinski definition) is 2. The van der Waals surface area contributed by atoms with Crippen molar-refractivity contribution >= 4 is 29.1 Å². The van der Waals surface area contributed by atoms with E-state index in [1.165, 1.54) is 31.2 Å². The Morgan fingerprint density at radius 2 is 1.67 bits per heavy atom. The van der Waals surface area contributed by atoms with Crippen LogP contribution in [0, 0.1) is 5.92 Å². The van der Waals surface area contributed by atoms with Crippen molar-refractivity contribution < 1.29 is 4.74 Å². The summed E-state index contributed by atoms with van der Waals surface area (Å²) >= 11 is 5.70. The number of rotatable bonds is 7. The van der Waals surface area contributed by atoms with E-state index >= 15 is 0 Å². The Morgan fingerprint density at radius 1 is 1.00 bits per heavy atom. The summed E-state index contributed by atoms with van der Waals surface area (Å²) < 4.78 is 6.09. The van der Waals surface area contributed by atoms with E-state index in [2.05, 4.69) is 57.8 Å². The maximum absolute atomic E-state index is 6.09. The minimum Gasteiger partial charge on any atom is -0.439 e. The Bertz CT molecular complexity index is 1140. The van der Waals surface area contributed by atoms with Crippen LogP contribution in [0.2, 0.25) is 0 Å². The number of para-hydroxylation sites is 1. The first-order chi connectivity index (χ1) is 17.6. The second-order valence-electron chi connectivity index (χ2n) is 10.1. The second-order valence-corrected chi connectivity index (χ2v) is 10.5. The third-order valence-corrected chi connectivity index (χ3v) is 7.77. The highest BCUT2D eigenvalue weighted by Gasteiger charge is 2.35. The Balaban J connectivity index is 1.31. The molecule has 6 nitrogen and oxygen atoms in total. The number of piperidine rings is 1. The number of anilines is 2. The molecule has 1 saturated carbocycles. The van der Waals surface area contributed by atoms with Crippen molar-refractivity contribution in [3.63, 3.8) is 0 Å². The van der Waals surface area contributed by atoms with Crippen LogP contribution in [0.3, 0.4) is 0 Å². The average molecular weight is 502 g/mol. The van der Waals surface area contributed by atoms with Crippen molar-refractivity contribution in [3.8, 4) is 11.6 Å². The average Bonchev–Trinajstić information content (AvgIpc) is 3.39. The first-order valence-corrected chi connectivity index (χ1v) is 13.5. The molecule has 2 heterocycles. The predicted molar refractivity (Wildman–Crippen MR) is 150 cm³/mol. The first kappa shape index (κ1) is 24.5. The van der Waals surface area contributed by atoms with Gasteiger partial charge in [0.05, 0.1) is 0 Å². The quantitative estimate of drug-likeness (QED) is 0.368. The minimum atomic E-state index is 0.113. The number of nitrogens with one attached hydrogen (secondary N) is 2. The van der Waals surface area contributed by atoms with Gasteiger partial charge in [-0.3, -0.25) is 0 Å². The standard InChI is InChI=1S/C29H35N5OS/c1-22-14-18-34(19-15-22)25-20-26(35-24-12-6-3-7-13-24)32-27(31-25)33-28(36)30-21-29(16-8-9-17-29)23-10-4-2-5-11-23/h2-7,10-13,20,22H,8-9,14-19,21H2,1H3,(H2,30,31,32,33,36). The molecule has 1 aliphatic carbocycles. The number of nitrogens with zero attached hydrogens (tertiary/aromatic N) is 3. The van der Waals surface area contributed by atoms with Crippen LogP contribution in [0.5, 0.6) is 11.6 Å². The molecule has 36 heavy (non-hydrogen) atoms. The van der Waals surface area contributed by atoms with Crippen molar-refractivity contribution in [3.05, 3.63) is 72.3 Å². The molecule has 188 valence electrons. The first-order valence-electron chi connectivity index (χ1n) is 13.1. The largest absolute Gasteiger partial charge is 0.439 e. The van der Waals surface area contributed by atoms with Gasteiger partial charge in [-0.05, 0) is 61.5 Å². The number of aromatic nitrogens is 2. The fourth-order valence-electron chi connectivity index (χ4n) is 5.34. The molecular weight excluding hydrogens is 466 g/mol. The lowest BCUT2D eigenvalue weighted by Gasteiger charge is -2.31. The molecule has 0 radical (unpaired) electrons. The third kappa shape index (κ3) is 5.95. The fraction of sp³-hybridized carbons (Fsp3) is 0.414. The molecule has 0 atom stereocenters. The van der Waals surface area contributed by atoms with Crippen LogP contribution in [0.1, 0.15) is 51.0 Å². The molecule has 0 spiro atoms. The molecule has 0 unspecified atom stereocenters. The normalized spacial score (nSPS) is 17.5. The van der Waals surface area contributed by atoms with Crippen molar-refractivity contribution in [1.29, 1.82) is 0 Å². The summed E-state index contributed by atoms with van der Waals surface area (Å²) in [4.78, 5) is 11.8. The lowest BCUT2D eigenvalue weighted by atomic mass is 9.79. The zero-order valence-corrected chi connectivity index (χ0v) is 21.8. The van der Waals surface area contributed by atoms with E-state index in [-0.39, 0.29) is 5.41 Å². The molecule has 2 aliphatic rings. The van der Waals surface area contributed by atoms with Gasteiger partial charge in [-0.1, -0.05) is 68.3 Å². The van der Waals surface area contributed by atoms with E-state index in [4.69, 9.17) is 21.9 Å². The Kier molecular flexibility index (Phi) is 7.66. The van der Waals surface area contributed by atoms with Crippen LogP contribution in [0.4, 0.5) is 11.8 Å². The molecule has 1 aliphatic heterocycles.